The van der Waals surface area contributed by atoms with Gasteiger partial charge in [-0.1, -0.05) is 78.7 Å². The molecule has 0 saturated carbocycles. The van der Waals surface area contributed by atoms with Crippen LogP contribution in [0.3, 0.4) is 0 Å². The molecule has 40 heavy (non-hydrogen) atoms. The van der Waals surface area contributed by atoms with Gasteiger partial charge in [0.1, 0.15) is 5.78 Å². The van der Waals surface area contributed by atoms with Crippen molar-refractivity contribution in [3.05, 3.63) is 112 Å². The van der Waals surface area contributed by atoms with Gasteiger partial charge in [0.2, 0.25) is 0 Å². The van der Waals surface area contributed by atoms with Crippen LogP contribution in [0.1, 0.15) is 47.6 Å². The summed E-state index contributed by atoms with van der Waals surface area (Å²) in [5.74, 6) is 0.713. The summed E-state index contributed by atoms with van der Waals surface area (Å²) in [6.45, 7) is 9.92. The third-order valence-electron chi connectivity index (χ3n) is 7.27. The summed E-state index contributed by atoms with van der Waals surface area (Å²) in [6, 6.07) is 20.9. The van der Waals surface area contributed by atoms with Crippen LogP contribution in [-0.2, 0) is 17.9 Å². The summed E-state index contributed by atoms with van der Waals surface area (Å²) < 4.78 is 39.8. The summed E-state index contributed by atoms with van der Waals surface area (Å²) in [5, 5.41) is 0. The Bertz CT molecular complexity index is 1400. The highest BCUT2D eigenvalue weighted by Gasteiger charge is 2.35. The van der Waals surface area contributed by atoms with Gasteiger partial charge in [-0.15, -0.1) is 11.8 Å². The van der Waals surface area contributed by atoms with Crippen LogP contribution < -0.4 is 0 Å². The second-order valence-corrected chi connectivity index (χ2v) is 11.7. The van der Waals surface area contributed by atoms with Crippen LogP contribution in [0.15, 0.2) is 88.9 Å². The molecule has 0 radical (unpaired) electrons. The van der Waals surface area contributed by atoms with Gasteiger partial charge in [-0.2, -0.15) is 13.2 Å². The molecule has 0 saturated heterocycles. The first-order chi connectivity index (χ1) is 19.0. The van der Waals surface area contributed by atoms with Gasteiger partial charge in [0, 0.05) is 36.5 Å². The molecule has 3 aromatic carbocycles. The second-order valence-electron chi connectivity index (χ2n) is 10.6. The van der Waals surface area contributed by atoms with Gasteiger partial charge >= 0.3 is 6.18 Å². The summed E-state index contributed by atoms with van der Waals surface area (Å²) in [6.07, 6.45) is -0.943. The van der Waals surface area contributed by atoms with E-state index in [0.29, 0.717) is 31.8 Å². The van der Waals surface area contributed by atoms with E-state index in [9.17, 15) is 18.0 Å². The molecule has 0 aliphatic heterocycles. The van der Waals surface area contributed by atoms with Crippen molar-refractivity contribution in [2.24, 2.45) is 0 Å². The van der Waals surface area contributed by atoms with E-state index in [2.05, 4.69) is 74.2 Å². The van der Waals surface area contributed by atoms with Gasteiger partial charge in [-0.25, -0.2) is 0 Å². The Labute approximate surface area is 240 Å². The fourth-order valence-corrected chi connectivity index (χ4v) is 6.03. The predicted molar refractivity (Wildman–Crippen MR) is 160 cm³/mol. The van der Waals surface area contributed by atoms with Crippen LogP contribution in [0.25, 0.3) is 11.1 Å². The predicted octanol–water partition coefficient (Wildman–Crippen LogP) is 9.17. The number of ketones is 1. The summed E-state index contributed by atoms with van der Waals surface area (Å²) >= 11 is 1.56. The highest BCUT2D eigenvalue weighted by Crippen LogP contribution is 2.35. The van der Waals surface area contributed by atoms with E-state index in [4.69, 9.17) is 0 Å². The smallest absolute Gasteiger partial charge is 0.299 e. The monoisotopic (exact) mass is 563 g/mol. The minimum absolute atomic E-state index is 0.0526. The molecule has 0 spiro atoms. The molecular formula is C34H36F3NOS. The molecule has 4 rings (SSSR count). The molecule has 0 bridgehead atoms. The Morgan fingerprint density at radius 1 is 0.875 bits per heavy atom. The molecule has 0 N–H and O–H groups in total. The molecule has 1 aliphatic rings. The zero-order chi connectivity index (χ0) is 28.9. The number of carbonyl (C=O) groups is 1. The standard InChI is InChI=1S/C34H36F3NOS/c1-5-31(39)22-40-32-8-6-7-29(18-32)28-12-9-26(10-13-28)19-38(20-27-11-14-30(17-27)34(35,36)37)21-33-24(3)15-23(2)16-25(33)4/h6-16,18H,5,17,19-22H2,1-4H3. The minimum atomic E-state index is -4.29. The number of thioether (sulfide) groups is 1. The number of alkyl halides is 3. The number of aryl methyl sites for hydroxylation is 3. The Morgan fingerprint density at radius 2 is 1.57 bits per heavy atom. The number of nitrogens with zero attached hydrogens (tertiary/aromatic N) is 1. The average molecular weight is 564 g/mol. The largest absolute Gasteiger partial charge is 0.413 e. The van der Waals surface area contributed by atoms with Crippen molar-refractivity contribution in [3.8, 4) is 11.1 Å². The second kappa shape index (κ2) is 13.0. The molecule has 1 aliphatic carbocycles. The van der Waals surface area contributed by atoms with Gasteiger partial charge in [-0.3, -0.25) is 9.69 Å². The summed E-state index contributed by atoms with van der Waals surface area (Å²) in [5.41, 5.74) is 8.41. The lowest BCUT2D eigenvalue weighted by molar-refractivity contribution is -0.116. The molecule has 0 atom stereocenters. The number of carbonyl (C=O) groups excluding carboxylic acids is 1. The molecule has 6 heteroatoms. The molecule has 2 nitrogen and oxygen atoms in total. The Kier molecular flexibility index (Phi) is 9.75. The van der Waals surface area contributed by atoms with Gasteiger partial charge in [0.25, 0.3) is 0 Å². The third-order valence-corrected chi connectivity index (χ3v) is 8.33. The lowest BCUT2D eigenvalue weighted by Crippen LogP contribution is -2.26. The molecule has 0 unspecified atom stereocenters. The zero-order valence-electron chi connectivity index (χ0n) is 23.6. The quantitative estimate of drug-likeness (QED) is 0.217. The molecule has 0 heterocycles. The molecule has 210 valence electrons. The van der Waals surface area contributed by atoms with Crippen molar-refractivity contribution in [1.29, 1.82) is 0 Å². The lowest BCUT2D eigenvalue weighted by atomic mass is 9.98. The summed E-state index contributed by atoms with van der Waals surface area (Å²) in [7, 11) is 0. The van der Waals surface area contributed by atoms with E-state index in [-0.39, 0.29) is 12.2 Å². The van der Waals surface area contributed by atoms with Crippen LogP contribution in [0.2, 0.25) is 0 Å². The highest BCUT2D eigenvalue weighted by atomic mass is 32.2. The van der Waals surface area contributed by atoms with Crippen molar-refractivity contribution >= 4 is 17.5 Å². The average Bonchev–Trinajstić information content (AvgIpc) is 3.39. The maximum atomic E-state index is 13.3. The highest BCUT2D eigenvalue weighted by molar-refractivity contribution is 8.00. The van der Waals surface area contributed by atoms with E-state index >= 15 is 0 Å². The van der Waals surface area contributed by atoms with Crippen molar-refractivity contribution in [2.75, 3.05) is 12.3 Å². The molecular weight excluding hydrogens is 527 g/mol. The SMILES string of the molecule is CCC(=O)CSc1cccc(-c2ccc(CN(CC3=CC=C(C(F)(F)F)C3)Cc3c(C)cc(C)cc3C)cc2)c1. The fourth-order valence-electron chi connectivity index (χ4n) is 5.11. The van der Waals surface area contributed by atoms with Crippen LogP contribution in [0.5, 0.6) is 0 Å². The number of benzene rings is 3. The van der Waals surface area contributed by atoms with Crippen LogP contribution in [-0.4, -0.2) is 29.2 Å². The first-order valence-corrected chi connectivity index (χ1v) is 14.6. The van der Waals surface area contributed by atoms with E-state index in [0.717, 1.165) is 27.2 Å². The van der Waals surface area contributed by atoms with Crippen molar-refractivity contribution in [1.82, 2.24) is 4.90 Å². The zero-order valence-corrected chi connectivity index (χ0v) is 24.4. The Hall–Kier alpha value is -3.09. The maximum absolute atomic E-state index is 13.3. The Morgan fingerprint density at radius 3 is 2.20 bits per heavy atom. The first kappa shape index (κ1) is 29.9. The van der Waals surface area contributed by atoms with Gasteiger partial charge in [0.05, 0.1) is 5.75 Å². The number of halogens is 3. The van der Waals surface area contributed by atoms with E-state index in [1.807, 2.05) is 19.1 Å². The lowest BCUT2D eigenvalue weighted by Gasteiger charge is -2.26. The summed E-state index contributed by atoms with van der Waals surface area (Å²) in [4.78, 5) is 15.0. The minimum Gasteiger partial charge on any atom is -0.299 e. The molecule has 0 amide bonds. The third kappa shape index (κ3) is 7.98. The van der Waals surface area contributed by atoms with E-state index < -0.39 is 11.7 Å². The maximum Gasteiger partial charge on any atom is 0.413 e. The van der Waals surface area contributed by atoms with Crippen LogP contribution >= 0.6 is 11.8 Å². The molecule has 0 fully saturated rings. The van der Waals surface area contributed by atoms with Gasteiger partial charge in [-0.05, 0) is 72.7 Å². The topological polar surface area (TPSA) is 20.3 Å². The van der Waals surface area contributed by atoms with E-state index in [1.54, 1.807) is 17.8 Å². The van der Waals surface area contributed by atoms with Gasteiger partial charge < -0.3 is 0 Å². The van der Waals surface area contributed by atoms with E-state index in [1.165, 1.54) is 28.3 Å². The van der Waals surface area contributed by atoms with Crippen molar-refractivity contribution < 1.29 is 18.0 Å². The number of hydrogen-bond donors (Lipinski definition) is 0. The normalized spacial score (nSPS) is 13.5. The molecule has 3 aromatic rings. The van der Waals surface area contributed by atoms with Gasteiger partial charge in [0.15, 0.2) is 0 Å². The number of rotatable bonds is 11. The number of allylic oxidation sites excluding steroid dienone is 3. The van der Waals surface area contributed by atoms with Crippen molar-refractivity contribution in [2.45, 2.75) is 64.7 Å². The van der Waals surface area contributed by atoms with Crippen LogP contribution in [0.4, 0.5) is 13.2 Å². The fraction of sp³-hybridized carbons (Fsp3) is 0.324. The van der Waals surface area contributed by atoms with Crippen LogP contribution in [0, 0.1) is 20.8 Å². The molecule has 0 aromatic heterocycles. The number of Topliss-reactive ketones (excluding diaryl/α,β-unsaturated/α-hetero) is 1. The first-order valence-electron chi connectivity index (χ1n) is 13.6. The number of hydrogen-bond acceptors (Lipinski definition) is 3. The van der Waals surface area contributed by atoms with Crippen molar-refractivity contribution in [3.63, 3.8) is 0 Å². The Balaban J connectivity index is 1.51.